The number of ether oxygens (including phenoxy) is 3. The highest BCUT2D eigenvalue weighted by Gasteiger charge is 2.20. The van der Waals surface area contributed by atoms with Crippen molar-refractivity contribution in [3.8, 4) is 23.0 Å². The summed E-state index contributed by atoms with van der Waals surface area (Å²) in [7, 11) is 0. The number of rotatable bonds is 10. The van der Waals surface area contributed by atoms with Gasteiger partial charge in [0.2, 0.25) is 0 Å². The van der Waals surface area contributed by atoms with Gasteiger partial charge < -0.3 is 28.5 Å². The predicted octanol–water partition coefficient (Wildman–Crippen LogP) is 7.98. The van der Waals surface area contributed by atoms with Crippen LogP contribution >= 0.6 is 11.8 Å². The zero-order chi connectivity index (χ0) is 35.7. The van der Waals surface area contributed by atoms with Gasteiger partial charge in [0.15, 0.2) is 33.9 Å². The van der Waals surface area contributed by atoms with Crippen LogP contribution < -0.4 is 25.1 Å². The second kappa shape index (κ2) is 17.0. The Morgan fingerprint density at radius 1 is 0.714 bits per heavy atom. The summed E-state index contributed by atoms with van der Waals surface area (Å²) in [6.07, 6.45) is 7.98. The van der Waals surface area contributed by atoms with Crippen LogP contribution in [0, 0.1) is 27.7 Å². The maximum atomic E-state index is 12.7. The summed E-state index contributed by atoms with van der Waals surface area (Å²) in [5.74, 6) is 1.55. The number of aryl methyl sites for hydroxylation is 4. The molecule has 0 amide bonds. The monoisotopic (exact) mass is 700 g/mol. The Labute approximate surface area is 284 Å². The molecular weight excluding hydrogens is 664 g/mol. The summed E-state index contributed by atoms with van der Waals surface area (Å²) in [5, 5.41) is 9.64. The predicted molar refractivity (Wildman–Crippen MR) is 185 cm³/mol. The second-order valence-corrected chi connectivity index (χ2v) is 12.3. The number of phenolic OH excluding ortho intramolecular Hbond substituents is 1. The molecule has 1 unspecified atom stereocenters. The smallest absolute Gasteiger partial charge is 0.387 e. The zero-order valence-electron chi connectivity index (χ0n) is 27.2. The van der Waals surface area contributed by atoms with E-state index in [4.69, 9.17) is 4.74 Å². The Kier molecular flexibility index (Phi) is 12.8. The number of halogens is 4. The molecule has 1 fully saturated rings. The Hall–Kier alpha value is -4.91. The van der Waals surface area contributed by atoms with E-state index in [1.54, 1.807) is 68.2 Å². The largest absolute Gasteiger partial charge is 0.504 e. The van der Waals surface area contributed by atoms with Crippen LogP contribution in [0.25, 0.3) is 24.6 Å². The van der Waals surface area contributed by atoms with Crippen LogP contribution in [0.4, 0.5) is 17.6 Å². The number of nitrogens with zero attached hydrogens (tertiary/aromatic N) is 2. The summed E-state index contributed by atoms with van der Waals surface area (Å²) in [4.78, 5) is 22.9. The van der Waals surface area contributed by atoms with Gasteiger partial charge in [-0.15, -0.1) is 0 Å². The number of benzene rings is 2. The number of alkyl halides is 4. The molecular formula is C36H36F4N2O6S. The van der Waals surface area contributed by atoms with Crippen LogP contribution in [0.3, 0.4) is 0 Å². The fourth-order valence-corrected chi connectivity index (χ4v) is 6.16. The molecule has 4 aromatic rings. The average Bonchev–Trinajstić information content (AvgIpc) is 3.52. The highest BCUT2D eigenvalue weighted by molar-refractivity contribution is 7.99. The van der Waals surface area contributed by atoms with E-state index in [9.17, 15) is 32.3 Å². The second-order valence-electron chi connectivity index (χ2n) is 11.1. The molecule has 0 spiro atoms. The molecule has 2 aromatic heterocycles. The van der Waals surface area contributed by atoms with Crippen molar-refractivity contribution in [3.63, 3.8) is 0 Å². The molecule has 0 radical (unpaired) electrons. The van der Waals surface area contributed by atoms with Crippen molar-refractivity contribution < 1.29 is 36.9 Å². The van der Waals surface area contributed by atoms with Crippen LogP contribution in [0.1, 0.15) is 40.3 Å². The molecule has 260 valence electrons. The molecule has 0 bridgehead atoms. The number of hydrogen-bond acceptors (Lipinski definition) is 7. The lowest BCUT2D eigenvalue weighted by Crippen LogP contribution is -2.16. The Bertz CT molecular complexity index is 1880. The van der Waals surface area contributed by atoms with Crippen molar-refractivity contribution >= 4 is 36.3 Å². The van der Waals surface area contributed by atoms with Gasteiger partial charge in [0.05, 0.1) is 0 Å². The summed E-state index contributed by atoms with van der Waals surface area (Å²) in [5.41, 5.74) is 4.46. The molecule has 2 aromatic carbocycles. The number of phenols is 1. The van der Waals surface area contributed by atoms with Crippen molar-refractivity contribution in [1.29, 1.82) is 0 Å². The van der Waals surface area contributed by atoms with E-state index in [0.29, 0.717) is 11.3 Å². The fraction of sp³-hybridized carbons (Fsp3) is 0.278. The Balaban J connectivity index is 0.000000226. The summed E-state index contributed by atoms with van der Waals surface area (Å²) >= 11 is 1.78. The lowest BCUT2D eigenvalue weighted by Gasteiger charge is -2.17. The van der Waals surface area contributed by atoms with E-state index in [1.807, 2.05) is 35.3 Å². The topological polar surface area (TPSA) is 91.9 Å². The Morgan fingerprint density at radius 2 is 1.18 bits per heavy atom. The number of aromatic hydroxyl groups is 1. The van der Waals surface area contributed by atoms with E-state index in [2.05, 4.69) is 9.47 Å². The maximum Gasteiger partial charge on any atom is 0.387 e. The molecule has 1 aliphatic rings. The highest BCUT2D eigenvalue weighted by Crippen LogP contribution is 2.34. The van der Waals surface area contributed by atoms with Gasteiger partial charge in [-0.25, -0.2) is 0 Å². The summed E-state index contributed by atoms with van der Waals surface area (Å²) in [6.45, 7) is 1.41. The zero-order valence-corrected chi connectivity index (χ0v) is 28.1. The first-order valence-electron chi connectivity index (χ1n) is 15.2. The number of hydrogen-bond donors (Lipinski definition) is 1. The third-order valence-electron chi connectivity index (χ3n) is 7.32. The normalized spacial score (nSPS) is 14.4. The SMILES string of the molecule is Cc1cc(=O)cc(C)n1/C=C/c1ccc(OC(F)F)c(O)c1.Cc1cc(=O)cc(C)n1/C=C/c1ccc(OC(F)F)c(OC2CCSC2)c1. The molecule has 3 heterocycles. The molecule has 1 aliphatic heterocycles. The van der Waals surface area contributed by atoms with Crippen LogP contribution in [-0.2, 0) is 0 Å². The van der Waals surface area contributed by atoms with Crippen molar-refractivity contribution in [3.05, 3.63) is 115 Å². The summed E-state index contributed by atoms with van der Waals surface area (Å²) in [6, 6.07) is 15.2. The molecule has 0 saturated carbocycles. The van der Waals surface area contributed by atoms with Gasteiger partial charge in [-0.3, -0.25) is 9.59 Å². The van der Waals surface area contributed by atoms with Gasteiger partial charge in [-0.1, -0.05) is 12.1 Å². The molecule has 49 heavy (non-hydrogen) atoms. The maximum absolute atomic E-state index is 12.7. The third-order valence-corrected chi connectivity index (χ3v) is 8.45. The van der Waals surface area contributed by atoms with Crippen molar-refractivity contribution in [1.82, 2.24) is 9.13 Å². The molecule has 1 saturated heterocycles. The lowest BCUT2D eigenvalue weighted by molar-refractivity contribution is -0.0522. The average molecular weight is 701 g/mol. The van der Waals surface area contributed by atoms with Crippen LogP contribution in [-0.4, -0.2) is 45.1 Å². The lowest BCUT2D eigenvalue weighted by atomic mass is 10.2. The van der Waals surface area contributed by atoms with Gasteiger partial charge in [0, 0.05) is 65.2 Å². The minimum absolute atomic E-state index is 0.00212. The van der Waals surface area contributed by atoms with Gasteiger partial charge in [-0.05, 0) is 87.4 Å². The molecule has 13 heteroatoms. The Morgan fingerprint density at radius 3 is 1.63 bits per heavy atom. The van der Waals surface area contributed by atoms with Gasteiger partial charge in [0.25, 0.3) is 0 Å². The standard InChI is InChI=1S/C20H21F2NO3S.C16H15F2NO3/c1-13-9-16(24)10-14(2)23(13)7-5-15-3-4-18(26-20(21)22)19(11-15)25-17-6-8-27-12-17;1-10-7-13(20)8-11(2)19(10)6-5-12-3-4-15(14(21)9-12)22-16(17)18/h3-5,7,9-11,17,20H,6,8,12H2,1-2H3;3-9,16,21H,1-2H3/b7-5+;6-5+. The fourth-order valence-electron chi connectivity index (χ4n) is 5.07. The highest BCUT2D eigenvalue weighted by atomic mass is 32.2. The number of thioether (sulfide) groups is 1. The van der Waals surface area contributed by atoms with Gasteiger partial charge >= 0.3 is 13.2 Å². The molecule has 1 N–H and O–H groups in total. The van der Waals surface area contributed by atoms with E-state index in [-0.39, 0.29) is 34.2 Å². The van der Waals surface area contributed by atoms with Crippen molar-refractivity contribution in [2.75, 3.05) is 11.5 Å². The first kappa shape index (κ1) is 36.9. The number of pyridine rings is 2. The minimum atomic E-state index is -2.99. The summed E-state index contributed by atoms with van der Waals surface area (Å²) < 4.78 is 68.0. The van der Waals surface area contributed by atoms with Gasteiger partial charge in [0.1, 0.15) is 6.10 Å². The van der Waals surface area contributed by atoms with Crippen LogP contribution in [0.5, 0.6) is 23.0 Å². The van der Waals surface area contributed by atoms with E-state index in [1.165, 1.54) is 30.3 Å². The first-order chi connectivity index (χ1) is 23.3. The molecule has 5 rings (SSSR count). The molecule has 1 atom stereocenters. The van der Waals surface area contributed by atoms with Crippen molar-refractivity contribution in [2.45, 2.75) is 53.4 Å². The molecule has 8 nitrogen and oxygen atoms in total. The van der Waals surface area contributed by atoms with Crippen LogP contribution in [0.15, 0.2) is 70.3 Å². The van der Waals surface area contributed by atoms with E-state index >= 15 is 0 Å². The van der Waals surface area contributed by atoms with E-state index < -0.39 is 13.2 Å². The van der Waals surface area contributed by atoms with Crippen molar-refractivity contribution in [2.24, 2.45) is 0 Å². The molecule has 0 aliphatic carbocycles. The quantitative estimate of drug-likeness (QED) is 0.168. The number of aromatic nitrogens is 2. The first-order valence-corrected chi connectivity index (χ1v) is 16.3. The minimum Gasteiger partial charge on any atom is -0.504 e. The third kappa shape index (κ3) is 10.8. The van der Waals surface area contributed by atoms with Crippen LogP contribution in [0.2, 0.25) is 0 Å². The van der Waals surface area contributed by atoms with E-state index in [0.717, 1.165) is 46.3 Å². The van der Waals surface area contributed by atoms with Gasteiger partial charge in [-0.2, -0.15) is 29.3 Å².